The molecule has 0 aromatic heterocycles. The molecule has 0 saturated heterocycles. The van der Waals surface area contributed by atoms with Gasteiger partial charge in [-0.1, -0.05) is 0 Å². The van der Waals surface area contributed by atoms with Crippen LogP contribution >= 0.6 is 0 Å². The Morgan fingerprint density at radius 2 is 1.95 bits per heavy atom. The number of ether oxygens (including phenoxy) is 1. The molecule has 0 aromatic carbocycles. The van der Waals surface area contributed by atoms with Gasteiger partial charge < -0.3 is 20.5 Å². The molecule has 0 heterocycles. The minimum atomic E-state index is -4.40. The summed E-state index contributed by atoms with van der Waals surface area (Å²) < 4.78 is 39.4. The molecule has 110 valence electrons. The van der Waals surface area contributed by atoms with Crippen LogP contribution in [0, 0.1) is 0 Å². The number of alkyl halides is 3. The first kappa shape index (κ1) is 15.5. The van der Waals surface area contributed by atoms with E-state index in [1.54, 1.807) is 0 Å². The van der Waals surface area contributed by atoms with Crippen molar-refractivity contribution in [2.75, 3.05) is 19.8 Å². The van der Waals surface area contributed by atoms with Crippen molar-refractivity contribution in [3.05, 3.63) is 0 Å². The molecule has 19 heavy (non-hydrogen) atoms. The number of aliphatic carboxylic acids is 1. The molecule has 1 saturated carbocycles. The number of amides is 2. The van der Waals surface area contributed by atoms with Gasteiger partial charge in [0.1, 0.15) is 12.1 Å². The zero-order chi connectivity index (χ0) is 14.5. The standard InChI is InChI=1S/C10H15F3N2O4/c11-10(12,13)6-19-5-4-14-8(18)15-9(7(16)17)2-1-3-9/h1-6H2,(H,16,17)(H2,14,15,18). The average molecular weight is 284 g/mol. The minimum absolute atomic E-state index is 0.127. The van der Waals surface area contributed by atoms with E-state index < -0.39 is 30.3 Å². The molecule has 0 spiro atoms. The van der Waals surface area contributed by atoms with Gasteiger partial charge in [0, 0.05) is 6.54 Å². The molecule has 0 aliphatic heterocycles. The number of urea groups is 1. The van der Waals surface area contributed by atoms with E-state index in [0.717, 1.165) is 0 Å². The molecule has 0 atom stereocenters. The molecule has 0 radical (unpaired) electrons. The highest BCUT2D eigenvalue weighted by Gasteiger charge is 2.45. The fourth-order valence-electron chi connectivity index (χ4n) is 1.61. The Bertz CT molecular complexity index is 342. The Morgan fingerprint density at radius 3 is 2.37 bits per heavy atom. The Morgan fingerprint density at radius 1 is 1.32 bits per heavy atom. The monoisotopic (exact) mass is 284 g/mol. The lowest BCUT2D eigenvalue weighted by Gasteiger charge is -2.38. The van der Waals surface area contributed by atoms with Crippen molar-refractivity contribution in [3.8, 4) is 0 Å². The van der Waals surface area contributed by atoms with Crippen molar-refractivity contribution in [3.63, 3.8) is 0 Å². The zero-order valence-corrected chi connectivity index (χ0v) is 10.0. The largest absolute Gasteiger partial charge is 0.480 e. The van der Waals surface area contributed by atoms with Crippen LogP contribution in [-0.4, -0.2) is 48.6 Å². The number of hydrogen-bond donors (Lipinski definition) is 3. The van der Waals surface area contributed by atoms with Gasteiger partial charge in [0.15, 0.2) is 0 Å². The topological polar surface area (TPSA) is 87.7 Å². The number of carbonyl (C=O) groups excluding carboxylic acids is 1. The van der Waals surface area contributed by atoms with Gasteiger partial charge in [0.05, 0.1) is 6.61 Å². The van der Waals surface area contributed by atoms with Crippen molar-refractivity contribution in [1.29, 1.82) is 0 Å². The number of nitrogens with one attached hydrogen (secondary N) is 2. The summed E-state index contributed by atoms with van der Waals surface area (Å²) in [4.78, 5) is 22.3. The van der Waals surface area contributed by atoms with Gasteiger partial charge in [-0.15, -0.1) is 0 Å². The maximum atomic E-state index is 11.7. The van der Waals surface area contributed by atoms with E-state index in [4.69, 9.17) is 5.11 Å². The minimum Gasteiger partial charge on any atom is -0.480 e. The van der Waals surface area contributed by atoms with Gasteiger partial charge in [-0.2, -0.15) is 13.2 Å². The first-order valence-corrected chi connectivity index (χ1v) is 5.69. The van der Waals surface area contributed by atoms with Gasteiger partial charge >= 0.3 is 18.2 Å². The Kier molecular flexibility index (Phi) is 4.98. The van der Waals surface area contributed by atoms with Crippen LogP contribution in [-0.2, 0) is 9.53 Å². The fraction of sp³-hybridized carbons (Fsp3) is 0.800. The van der Waals surface area contributed by atoms with Crippen molar-refractivity contribution in [2.45, 2.75) is 31.0 Å². The summed E-state index contributed by atoms with van der Waals surface area (Å²) in [5.41, 5.74) is -1.24. The maximum absolute atomic E-state index is 11.7. The first-order chi connectivity index (χ1) is 8.75. The summed E-state index contributed by atoms with van der Waals surface area (Å²) in [5, 5.41) is 13.5. The predicted molar refractivity (Wildman–Crippen MR) is 57.6 cm³/mol. The Hall–Kier alpha value is -1.51. The number of carbonyl (C=O) groups is 2. The highest BCUT2D eigenvalue weighted by Crippen LogP contribution is 2.31. The lowest BCUT2D eigenvalue weighted by Crippen LogP contribution is -2.61. The van der Waals surface area contributed by atoms with Crippen LogP contribution in [0.2, 0.25) is 0 Å². The number of rotatable bonds is 6. The molecule has 1 aliphatic rings. The van der Waals surface area contributed by atoms with Crippen LogP contribution in [0.15, 0.2) is 0 Å². The van der Waals surface area contributed by atoms with Gasteiger partial charge in [-0.3, -0.25) is 0 Å². The van der Waals surface area contributed by atoms with E-state index in [1.807, 2.05) is 0 Å². The second-order valence-corrected chi connectivity index (χ2v) is 4.29. The van der Waals surface area contributed by atoms with Gasteiger partial charge in [-0.05, 0) is 19.3 Å². The van der Waals surface area contributed by atoms with Crippen molar-refractivity contribution in [1.82, 2.24) is 10.6 Å². The van der Waals surface area contributed by atoms with Gasteiger partial charge in [0.2, 0.25) is 0 Å². The summed E-state index contributed by atoms with van der Waals surface area (Å²) in [5.74, 6) is -1.11. The van der Waals surface area contributed by atoms with Crippen molar-refractivity contribution < 1.29 is 32.6 Å². The number of carboxylic acid groups (broad SMARTS) is 1. The van der Waals surface area contributed by atoms with Crippen LogP contribution < -0.4 is 10.6 Å². The van der Waals surface area contributed by atoms with Crippen LogP contribution in [0.1, 0.15) is 19.3 Å². The number of halogens is 3. The number of carboxylic acids is 1. The Balaban J connectivity index is 2.16. The fourth-order valence-corrected chi connectivity index (χ4v) is 1.61. The van der Waals surface area contributed by atoms with Crippen molar-refractivity contribution >= 4 is 12.0 Å². The van der Waals surface area contributed by atoms with E-state index in [-0.39, 0.29) is 13.2 Å². The third kappa shape index (κ3) is 4.93. The molecule has 0 aromatic rings. The first-order valence-electron chi connectivity index (χ1n) is 5.69. The number of hydrogen-bond acceptors (Lipinski definition) is 3. The molecule has 1 rings (SSSR count). The molecule has 0 bridgehead atoms. The molecule has 2 amide bonds. The summed E-state index contributed by atoms with van der Waals surface area (Å²) >= 11 is 0. The highest BCUT2D eigenvalue weighted by atomic mass is 19.4. The Labute approximate surface area is 107 Å². The van der Waals surface area contributed by atoms with E-state index in [1.165, 1.54) is 0 Å². The summed E-state index contributed by atoms with van der Waals surface area (Å²) in [7, 11) is 0. The van der Waals surface area contributed by atoms with Crippen LogP contribution in [0.3, 0.4) is 0 Å². The second kappa shape index (κ2) is 6.09. The summed E-state index contributed by atoms with van der Waals surface area (Å²) in [6.45, 7) is -1.81. The lowest BCUT2D eigenvalue weighted by atomic mass is 9.77. The molecular weight excluding hydrogens is 269 g/mol. The molecule has 3 N–H and O–H groups in total. The SMILES string of the molecule is O=C(NCCOCC(F)(F)F)NC1(C(=O)O)CCC1. The molecule has 1 aliphatic carbocycles. The van der Waals surface area contributed by atoms with Crippen LogP contribution in [0.25, 0.3) is 0 Å². The average Bonchev–Trinajstić information content (AvgIpc) is 2.20. The zero-order valence-electron chi connectivity index (χ0n) is 10.0. The van der Waals surface area contributed by atoms with E-state index in [2.05, 4.69) is 15.4 Å². The lowest BCUT2D eigenvalue weighted by molar-refractivity contribution is -0.173. The van der Waals surface area contributed by atoms with Gasteiger partial charge in [0.25, 0.3) is 0 Å². The predicted octanol–water partition coefficient (Wildman–Crippen LogP) is 0.872. The molecule has 6 nitrogen and oxygen atoms in total. The molecule has 0 unspecified atom stereocenters. The third-order valence-corrected chi connectivity index (χ3v) is 2.77. The second-order valence-electron chi connectivity index (χ2n) is 4.29. The normalized spacial score (nSPS) is 17.4. The van der Waals surface area contributed by atoms with E-state index in [0.29, 0.717) is 19.3 Å². The van der Waals surface area contributed by atoms with E-state index in [9.17, 15) is 22.8 Å². The van der Waals surface area contributed by atoms with Crippen molar-refractivity contribution in [2.24, 2.45) is 0 Å². The smallest absolute Gasteiger partial charge is 0.411 e. The summed E-state index contributed by atoms with van der Waals surface area (Å²) in [6, 6.07) is -0.724. The van der Waals surface area contributed by atoms with E-state index >= 15 is 0 Å². The molecular formula is C10H15F3N2O4. The quantitative estimate of drug-likeness (QED) is 0.632. The third-order valence-electron chi connectivity index (χ3n) is 2.77. The maximum Gasteiger partial charge on any atom is 0.411 e. The van der Waals surface area contributed by atoms with Crippen LogP contribution in [0.4, 0.5) is 18.0 Å². The molecule has 1 fully saturated rings. The molecule has 9 heteroatoms. The van der Waals surface area contributed by atoms with Gasteiger partial charge in [-0.25, -0.2) is 9.59 Å². The summed E-state index contributed by atoms with van der Waals surface area (Å²) in [6.07, 6.45) is -3.00. The highest BCUT2D eigenvalue weighted by molar-refractivity contribution is 5.87. The van der Waals surface area contributed by atoms with Crippen LogP contribution in [0.5, 0.6) is 0 Å².